The normalized spacial score (nSPS) is 18.2. The summed E-state index contributed by atoms with van der Waals surface area (Å²) in [4.78, 5) is 12.0. The molecule has 1 aliphatic heterocycles. The minimum atomic E-state index is -3.74. The molecule has 0 aliphatic carbocycles. The number of rotatable bonds is 7. The molecule has 0 amide bonds. The highest BCUT2D eigenvalue weighted by atomic mass is 32.2. The van der Waals surface area contributed by atoms with Crippen molar-refractivity contribution in [2.24, 2.45) is 0 Å². The minimum absolute atomic E-state index is 0.261. The Morgan fingerprint density at radius 2 is 1.77 bits per heavy atom. The van der Waals surface area contributed by atoms with Crippen LogP contribution in [0, 0.1) is 0 Å². The van der Waals surface area contributed by atoms with Gasteiger partial charge < -0.3 is 18.9 Å². The van der Waals surface area contributed by atoms with Gasteiger partial charge in [-0.3, -0.25) is 4.79 Å². The van der Waals surface area contributed by atoms with Crippen molar-refractivity contribution in [2.75, 3.05) is 46.5 Å². The van der Waals surface area contributed by atoms with E-state index in [4.69, 9.17) is 18.9 Å². The van der Waals surface area contributed by atoms with Crippen LogP contribution in [0.5, 0.6) is 17.2 Å². The predicted molar refractivity (Wildman–Crippen MR) is 98.6 cm³/mol. The standard InChI is InChI=1S/C16H23NO7S2/c1-21-13-7-11(8-14(22-2)15(13)23-3)10-26(19,20)17-5-6-25-9-12(17)16(18)24-4/h7-8,12H,5-6,9-10H2,1-4H3. The second-order valence-electron chi connectivity index (χ2n) is 5.51. The van der Waals surface area contributed by atoms with Crippen molar-refractivity contribution in [1.29, 1.82) is 0 Å². The Kier molecular flexibility index (Phi) is 7.01. The van der Waals surface area contributed by atoms with Gasteiger partial charge in [-0.25, -0.2) is 8.42 Å². The molecule has 26 heavy (non-hydrogen) atoms. The molecule has 0 radical (unpaired) electrons. The molecule has 10 heteroatoms. The van der Waals surface area contributed by atoms with E-state index in [1.165, 1.54) is 44.5 Å². The van der Waals surface area contributed by atoms with Crippen molar-refractivity contribution >= 4 is 27.8 Å². The van der Waals surface area contributed by atoms with Gasteiger partial charge in [-0.2, -0.15) is 16.1 Å². The zero-order valence-corrected chi connectivity index (χ0v) is 16.8. The number of hydrogen-bond acceptors (Lipinski definition) is 8. The van der Waals surface area contributed by atoms with Crippen LogP contribution in [0.3, 0.4) is 0 Å². The van der Waals surface area contributed by atoms with E-state index in [1.54, 1.807) is 12.1 Å². The monoisotopic (exact) mass is 405 g/mol. The maximum atomic E-state index is 12.9. The van der Waals surface area contributed by atoms with Crippen molar-refractivity contribution in [3.63, 3.8) is 0 Å². The van der Waals surface area contributed by atoms with Crippen molar-refractivity contribution in [3.05, 3.63) is 17.7 Å². The first-order valence-electron chi connectivity index (χ1n) is 7.82. The van der Waals surface area contributed by atoms with Gasteiger partial charge in [0.25, 0.3) is 0 Å². The van der Waals surface area contributed by atoms with Gasteiger partial charge in [0.1, 0.15) is 6.04 Å². The molecule has 0 spiro atoms. The third-order valence-electron chi connectivity index (χ3n) is 3.98. The molecular formula is C16H23NO7S2. The van der Waals surface area contributed by atoms with E-state index in [-0.39, 0.29) is 12.3 Å². The highest BCUT2D eigenvalue weighted by molar-refractivity contribution is 7.99. The summed E-state index contributed by atoms with van der Waals surface area (Å²) in [6, 6.07) is 2.36. The van der Waals surface area contributed by atoms with E-state index >= 15 is 0 Å². The van der Waals surface area contributed by atoms with Gasteiger partial charge in [-0.05, 0) is 17.7 Å². The van der Waals surface area contributed by atoms with Crippen LogP contribution in [-0.2, 0) is 25.3 Å². The molecule has 1 saturated heterocycles. The SMILES string of the molecule is COC(=O)C1CSCCN1S(=O)(=O)Cc1cc(OC)c(OC)c(OC)c1. The number of thioether (sulfide) groups is 1. The zero-order valence-electron chi connectivity index (χ0n) is 15.2. The molecule has 146 valence electrons. The molecule has 0 aromatic heterocycles. The molecule has 1 heterocycles. The Balaban J connectivity index is 2.34. The number of sulfonamides is 1. The molecule has 1 aromatic rings. The molecule has 1 unspecified atom stereocenters. The molecule has 0 saturated carbocycles. The first kappa shape index (κ1) is 20.7. The van der Waals surface area contributed by atoms with Crippen LogP contribution < -0.4 is 14.2 Å². The molecule has 1 fully saturated rings. The highest BCUT2D eigenvalue weighted by Crippen LogP contribution is 2.39. The maximum absolute atomic E-state index is 12.9. The second-order valence-corrected chi connectivity index (χ2v) is 8.59. The molecule has 2 rings (SSSR count). The van der Waals surface area contributed by atoms with E-state index in [0.717, 1.165) is 0 Å². The molecule has 0 N–H and O–H groups in total. The van der Waals surface area contributed by atoms with E-state index < -0.39 is 22.0 Å². The fraction of sp³-hybridized carbons (Fsp3) is 0.562. The number of ether oxygens (including phenoxy) is 4. The summed E-state index contributed by atoms with van der Waals surface area (Å²) in [6.45, 7) is 0.261. The molecule has 1 atom stereocenters. The van der Waals surface area contributed by atoms with Gasteiger partial charge in [0, 0.05) is 18.1 Å². The summed E-state index contributed by atoms with van der Waals surface area (Å²) in [6.07, 6.45) is 0. The fourth-order valence-corrected chi connectivity index (χ4v) is 5.67. The van der Waals surface area contributed by atoms with Crippen LogP contribution in [0.25, 0.3) is 0 Å². The number of benzene rings is 1. The quantitative estimate of drug-likeness (QED) is 0.624. The number of esters is 1. The van der Waals surface area contributed by atoms with E-state index in [2.05, 4.69) is 0 Å². The summed E-state index contributed by atoms with van der Waals surface area (Å²) in [5.41, 5.74) is 0.473. The van der Waals surface area contributed by atoms with Crippen LogP contribution in [0.15, 0.2) is 12.1 Å². The van der Waals surface area contributed by atoms with E-state index in [9.17, 15) is 13.2 Å². The fourth-order valence-electron chi connectivity index (χ4n) is 2.76. The van der Waals surface area contributed by atoms with E-state index in [0.29, 0.717) is 34.3 Å². The van der Waals surface area contributed by atoms with Gasteiger partial charge in [0.2, 0.25) is 15.8 Å². The third-order valence-corrected chi connectivity index (χ3v) is 6.86. The number of hydrogen-bond donors (Lipinski definition) is 0. The molecule has 1 aromatic carbocycles. The van der Waals surface area contributed by atoms with Crippen LogP contribution in [0.4, 0.5) is 0 Å². The molecule has 8 nitrogen and oxygen atoms in total. The Bertz CT molecular complexity index is 726. The lowest BCUT2D eigenvalue weighted by atomic mass is 10.2. The maximum Gasteiger partial charge on any atom is 0.325 e. The lowest BCUT2D eigenvalue weighted by Crippen LogP contribution is -2.50. The lowest BCUT2D eigenvalue weighted by molar-refractivity contribution is -0.144. The van der Waals surface area contributed by atoms with Gasteiger partial charge in [0.15, 0.2) is 11.5 Å². The number of carbonyl (C=O) groups is 1. The smallest absolute Gasteiger partial charge is 0.325 e. The number of methoxy groups -OCH3 is 4. The van der Waals surface area contributed by atoms with E-state index in [1.807, 2.05) is 0 Å². The topological polar surface area (TPSA) is 91.4 Å². The van der Waals surface area contributed by atoms with Gasteiger partial charge >= 0.3 is 5.97 Å². The van der Waals surface area contributed by atoms with Crippen LogP contribution in [-0.4, -0.2) is 71.2 Å². The second kappa shape index (κ2) is 8.83. The summed E-state index contributed by atoms with van der Waals surface area (Å²) in [5.74, 6) is 1.29. The Labute approximate surface area is 157 Å². The van der Waals surface area contributed by atoms with Gasteiger partial charge in [-0.1, -0.05) is 0 Å². The minimum Gasteiger partial charge on any atom is -0.493 e. The largest absolute Gasteiger partial charge is 0.493 e. The third kappa shape index (κ3) is 4.36. The molecule has 1 aliphatic rings. The first-order chi connectivity index (χ1) is 12.4. The summed E-state index contributed by atoms with van der Waals surface area (Å²) >= 11 is 1.53. The van der Waals surface area contributed by atoms with Crippen molar-refractivity contribution in [3.8, 4) is 17.2 Å². The van der Waals surface area contributed by atoms with Gasteiger partial charge in [-0.15, -0.1) is 0 Å². The van der Waals surface area contributed by atoms with Crippen molar-refractivity contribution < 1.29 is 32.2 Å². The Morgan fingerprint density at radius 3 is 2.27 bits per heavy atom. The average molecular weight is 405 g/mol. The summed E-state index contributed by atoms with van der Waals surface area (Å²) in [5, 5.41) is 0. The van der Waals surface area contributed by atoms with Crippen LogP contribution >= 0.6 is 11.8 Å². The van der Waals surface area contributed by atoms with Crippen molar-refractivity contribution in [2.45, 2.75) is 11.8 Å². The zero-order chi connectivity index (χ0) is 19.3. The summed E-state index contributed by atoms with van der Waals surface area (Å²) < 4.78 is 47.6. The van der Waals surface area contributed by atoms with Crippen molar-refractivity contribution in [1.82, 2.24) is 4.31 Å². The highest BCUT2D eigenvalue weighted by Gasteiger charge is 2.38. The van der Waals surface area contributed by atoms with Crippen LogP contribution in [0.1, 0.15) is 5.56 Å². The molecular weight excluding hydrogens is 382 g/mol. The average Bonchev–Trinajstić information content (AvgIpc) is 2.66. The number of nitrogens with zero attached hydrogens (tertiary/aromatic N) is 1. The Morgan fingerprint density at radius 1 is 1.15 bits per heavy atom. The summed E-state index contributed by atoms with van der Waals surface area (Å²) in [7, 11) is 1.91. The van der Waals surface area contributed by atoms with Crippen LogP contribution in [0.2, 0.25) is 0 Å². The first-order valence-corrected chi connectivity index (χ1v) is 10.6. The Hall–Kier alpha value is -1.65. The lowest BCUT2D eigenvalue weighted by Gasteiger charge is -2.32. The van der Waals surface area contributed by atoms with Gasteiger partial charge in [0.05, 0.1) is 34.2 Å². The predicted octanol–water partition coefficient (Wildman–Crippen LogP) is 1.13. The number of carbonyl (C=O) groups excluding carboxylic acids is 1. The molecule has 0 bridgehead atoms.